The van der Waals surface area contributed by atoms with Crippen molar-refractivity contribution in [2.45, 2.75) is 129 Å². The monoisotopic (exact) mass is 436 g/mol. The number of Topliss-reactive ketones (excluding diaryl/α,β-unsaturated/α-hetero) is 1. The second-order valence-electron chi connectivity index (χ2n) is 10.4. The van der Waals surface area contributed by atoms with E-state index in [1.165, 1.54) is 31.2 Å². The SMILES string of the molecule is C.CC(=O)CC(C)C.CC(C)CC(C)C.CC(C)c1ccccc1.CCCCC(C)C. The molecule has 1 nitrogen and oxygen atoms in total. The first-order valence-electron chi connectivity index (χ1n) is 12.4. The Morgan fingerprint density at radius 1 is 0.742 bits per heavy atom. The molecule has 0 fully saturated rings. The molecule has 0 heterocycles. The molecule has 1 aromatic rings. The van der Waals surface area contributed by atoms with E-state index < -0.39 is 0 Å². The summed E-state index contributed by atoms with van der Waals surface area (Å²) in [5, 5.41) is 0. The quantitative estimate of drug-likeness (QED) is 0.396. The fourth-order valence-electron chi connectivity index (χ4n) is 2.97. The summed E-state index contributed by atoms with van der Waals surface area (Å²) in [5.74, 6) is 4.12. The maximum atomic E-state index is 10.3. The van der Waals surface area contributed by atoms with Gasteiger partial charge in [0.25, 0.3) is 0 Å². The van der Waals surface area contributed by atoms with Crippen LogP contribution in [-0.4, -0.2) is 5.78 Å². The van der Waals surface area contributed by atoms with Crippen molar-refractivity contribution in [2.75, 3.05) is 0 Å². The van der Waals surface area contributed by atoms with Crippen LogP contribution >= 0.6 is 0 Å². The highest BCUT2D eigenvalue weighted by atomic mass is 16.1. The minimum absolute atomic E-state index is 0. The van der Waals surface area contributed by atoms with E-state index in [1.807, 2.05) is 19.9 Å². The van der Waals surface area contributed by atoms with E-state index in [-0.39, 0.29) is 13.2 Å². The zero-order valence-electron chi connectivity index (χ0n) is 22.7. The van der Waals surface area contributed by atoms with Gasteiger partial charge in [-0.1, -0.05) is 133 Å². The maximum Gasteiger partial charge on any atom is 0.130 e. The molecule has 0 spiro atoms. The third-order valence-corrected chi connectivity index (χ3v) is 4.24. The number of carbonyl (C=O) groups excluding carboxylic acids is 1. The third kappa shape index (κ3) is 39.9. The van der Waals surface area contributed by atoms with Gasteiger partial charge in [-0.25, -0.2) is 0 Å². The Labute approximate surface area is 198 Å². The van der Waals surface area contributed by atoms with Crippen LogP contribution in [0.1, 0.15) is 134 Å². The van der Waals surface area contributed by atoms with Gasteiger partial charge in [-0.2, -0.15) is 0 Å². The fraction of sp³-hybridized carbons (Fsp3) is 0.767. The molecule has 0 N–H and O–H groups in total. The molecule has 1 heteroatoms. The molecule has 0 aliphatic rings. The molecule has 0 aliphatic heterocycles. The van der Waals surface area contributed by atoms with E-state index in [0.29, 0.717) is 11.8 Å². The molecule has 0 saturated heterocycles. The summed E-state index contributed by atoms with van der Waals surface area (Å²) in [6.07, 6.45) is 6.23. The number of benzene rings is 1. The van der Waals surface area contributed by atoms with Crippen molar-refractivity contribution in [2.24, 2.45) is 23.7 Å². The van der Waals surface area contributed by atoms with Crippen LogP contribution in [0, 0.1) is 23.7 Å². The van der Waals surface area contributed by atoms with Crippen LogP contribution in [0.4, 0.5) is 0 Å². The van der Waals surface area contributed by atoms with Gasteiger partial charge < -0.3 is 4.79 Å². The summed E-state index contributed by atoms with van der Waals surface area (Å²) >= 11 is 0. The molecule has 0 unspecified atom stereocenters. The molecule has 186 valence electrons. The topological polar surface area (TPSA) is 17.1 Å². The number of carbonyl (C=O) groups is 1. The van der Waals surface area contributed by atoms with Gasteiger partial charge in [0.05, 0.1) is 0 Å². The van der Waals surface area contributed by atoms with Crippen molar-refractivity contribution in [1.82, 2.24) is 0 Å². The van der Waals surface area contributed by atoms with Crippen molar-refractivity contribution in [3.8, 4) is 0 Å². The van der Waals surface area contributed by atoms with E-state index in [0.717, 1.165) is 24.2 Å². The first kappa shape index (κ1) is 37.2. The minimum atomic E-state index is 0. The van der Waals surface area contributed by atoms with Gasteiger partial charge >= 0.3 is 0 Å². The van der Waals surface area contributed by atoms with Gasteiger partial charge in [0.15, 0.2) is 0 Å². The predicted molar refractivity (Wildman–Crippen MR) is 146 cm³/mol. The lowest BCUT2D eigenvalue weighted by Gasteiger charge is -2.05. The number of hydrogen-bond donors (Lipinski definition) is 0. The lowest BCUT2D eigenvalue weighted by atomic mass is 10.0. The van der Waals surface area contributed by atoms with E-state index in [4.69, 9.17) is 0 Å². The Bertz CT molecular complexity index is 449. The molecule has 0 amide bonds. The minimum Gasteiger partial charge on any atom is -0.300 e. The molecule has 0 aliphatic carbocycles. The van der Waals surface area contributed by atoms with Gasteiger partial charge in [-0.05, 0) is 48.5 Å². The zero-order valence-corrected chi connectivity index (χ0v) is 22.7. The van der Waals surface area contributed by atoms with Gasteiger partial charge in [0.1, 0.15) is 5.78 Å². The molecule has 31 heavy (non-hydrogen) atoms. The second kappa shape index (κ2) is 25.2. The Kier molecular flexibility index (Phi) is 30.2. The van der Waals surface area contributed by atoms with Crippen molar-refractivity contribution in [3.63, 3.8) is 0 Å². The number of unbranched alkanes of at least 4 members (excludes halogenated alkanes) is 1. The molecular formula is C30H60O. The largest absolute Gasteiger partial charge is 0.300 e. The smallest absolute Gasteiger partial charge is 0.130 e. The van der Waals surface area contributed by atoms with Crippen LogP contribution in [0.2, 0.25) is 0 Å². The average Bonchev–Trinajstić information content (AvgIpc) is 2.60. The summed E-state index contributed by atoms with van der Waals surface area (Å²) < 4.78 is 0. The van der Waals surface area contributed by atoms with Crippen LogP contribution < -0.4 is 0 Å². The second-order valence-corrected chi connectivity index (χ2v) is 10.4. The Morgan fingerprint density at radius 2 is 1.19 bits per heavy atom. The van der Waals surface area contributed by atoms with Crippen LogP contribution in [0.5, 0.6) is 0 Å². The van der Waals surface area contributed by atoms with Gasteiger partial charge in [0, 0.05) is 6.42 Å². The van der Waals surface area contributed by atoms with Gasteiger partial charge in [-0.3, -0.25) is 0 Å². The third-order valence-electron chi connectivity index (χ3n) is 4.24. The number of rotatable bonds is 8. The standard InChI is InChI=1S/C9H12.2C7H16.C6H12O.CH4/c1-8(2)9-6-4-3-5-7-9;1-6(2)5-7(3)4;1-4-5-6-7(2)3;1-5(2)4-6(3)7;/h3-8H,1-2H3;6-7H,5H2,1-4H3;7H,4-6H2,1-3H3;5H,4H2,1-3H3;1H4. The summed E-state index contributed by atoms with van der Waals surface area (Å²) in [4.78, 5) is 10.3. The molecule has 0 aromatic heterocycles. The van der Waals surface area contributed by atoms with E-state index in [1.54, 1.807) is 6.92 Å². The highest BCUT2D eigenvalue weighted by molar-refractivity contribution is 5.75. The summed E-state index contributed by atoms with van der Waals surface area (Å²) in [6.45, 7) is 26.0. The summed E-state index contributed by atoms with van der Waals surface area (Å²) in [6, 6.07) is 10.5. The highest BCUT2D eigenvalue weighted by Gasteiger charge is 1.96. The van der Waals surface area contributed by atoms with Crippen molar-refractivity contribution in [3.05, 3.63) is 35.9 Å². The van der Waals surface area contributed by atoms with Crippen LogP contribution in [0.25, 0.3) is 0 Å². The average molecular weight is 437 g/mol. The predicted octanol–water partition coefficient (Wildman–Crippen LogP) is 10.6. The van der Waals surface area contributed by atoms with Gasteiger partial charge in [-0.15, -0.1) is 0 Å². The van der Waals surface area contributed by atoms with E-state index >= 15 is 0 Å². The maximum absolute atomic E-state index is 10.3. The van der Waals surface area contributed by atoms with Crippen molar-refractivity contribution < 1.29 is 4.79 Å². The molecule has 1 aromatic carbocycles. The lowest BCUT2D eigenvalue weighted by Crippen LogP contribution is -1.95. The first-order valence-corrected chi connectivity index (χ1v) is 12.4. The Hall–Kier alpha value is -1.11. The molecule has 0 saturated carbocycles. The van der Waals surface area contributed by atoms with Crippen LogP contribution in [-0.2, 0) is 4.79 Å². The zero-order chi connectivity index (χ0) is 24.1. The first-order chi connectivity index (χ1) is 13.8. The normalized spacial score (nSPS) is 9.97. The Balaban J connectivity index is -0.000000156. The fourth-order valence-corrected chi connectivity index (χ4v) is 2.97. The lowest BCUT2D eigenvalue weighted by molar-refractivity contribution is -0.117. The number of hydrogen-bond acceptors (Lipinski definition) is 1. The van der Waals surface area contributed by atoms with Crippen LogP contribution in [0.3, 0.4) is 0 Å². The molecular weight excluding hydrogens is 376 g/mol. The van der Waals surface area contributed by atoms with Gasteiger partial charge in [0.2, 0.25) is 0 Å². The Morgan fingerprint density at radius 3 is 1.32 bits per heavy atom. The van der Waals surface area contributed by atoms with Crippen molar-refractivity contribution >= 4 is 5.78 Å². The molecule has 0 radical (unpaired) electrons. The van der Waals surface area contributed by atoms with Crippen LogP contribution in [0.15, 0.2) is 30.3 Å². The molecule has 1 rings (SSSR count). The molecule has 0 bridgehead atoms. The number of ketones is 1. The highest BCUT2D eigenvalue weighted by Crippen LogP contribution is 2.11. The molecule has 0 atom stereocenters. The van der Waals surface area contributed by atoms with E-state index in [2.05, 4.69) is 86.6 Å². The summed E-state index contributed by atoms with van der Waals surface area (Å²) in [7, 11) is 0. The van der Waals surface area contributed by atoms with Crippen molar-refractivity contribution in [1.29, 1.82) is 0 Å². The van der Waals surface area contributed by atoms with E-state index in [9.17, 15) is 4.79 Å². The summed E-state index contributed by atoms with van der Waals surface area (Å²) in [5.41, 5.74) is 1.41.